The van der Waals surface area contributed by atoms with Gasteiger partial charge in [-0.2, -0.15) is 5.10 Å². The Labute approximate surface area is 114 Å². The van der Waals surface area contributed by atoms with E-state index in [1.54, 1.807) is 0 Å². The molecule has 0 atom stereocenters. The summed E-state index contributed by atoms with van der Waals surface area (Å²) in [5, 5.41) is 18.4. The number of aliphatic hydroxyl groups excluding tert-OH is 1. The molecule has 0 saturated carbocycles. The quantitative estimate of drug-likeness (QED) is 0.635. The van der Waals surface area contributed by atoms with E-state index < -0.39 is 0 Å². The van der Waals surface area contributed by atoms with Gasteiger partial charge in [0, 0.05) is 32.4 Å². The number of aromatic nitrogens is 2. The highest BCUT2D eigenvalue weighted by atomic mass is 16.3. The molecule has 1 aromatic rings. The number of carbonyl (C=O) groups is 1. The van der Waals surface area contributed by atoms with Crippen LogP contribution in [0.2, 0.25) is 0 Å². The Bertz CT molecular complexity index is 415. The zero-order chi connectivity index (χ0) is 14.3. The molecule has 0 aromatic carbocycles. The Morgan fingerprint density at radius 1 is 1.26 bits per heavy atom. The summed E-state index contributed by atoms with van der Waals surface area (Å²) in [6, 6.07) is -0.173. The SMILES string of the molecule is Cc1nn(C)c(C)c1CCCNC(=O)NCCCO. The molecule has 0 saturated heterocycles. The first kappa shape index (κ1) is 15.5. The Kier molecular flexibility index (Phi) is 6.35. The number of carbonyl (C=O) groups excluding carboxylic acids is 1. The first-order valence-corrected chi connectivity index (χ1v) is 6.68. The third-order valence-electron chi connectivity index (χ3n) is 3.17. The predicted octanol–water partition coefficient (Wildman–Crippen LogP) is 0.651. The molecule has 1 rings (SSSR count). The molecule has 6 heteroatoms. The van der Waals surface area contributed by atoms with Crippen LogP contribution in [0, 0.1) is 13.8 Å². The number of hydrogen-bond donors (Lipinski definition) is 3. The Balaban J connectivity index is 2.22. The number of rotatable bonds is 7. The smallest absolute Gasteiger partial charge is 0.314 e. The fourth-order valence-corrected chi connectivity index (χ4v) is 1.99. The van der Waals surface area contributed by atoms with E-state index in [0.29, 0.717) is 19.5 Å². The Morgan fingerprint density at radius 3 is 2.42 bits per heavy atom. The monoisotopic (exact) mass is 268 g/mol. The minimum atomic E-state index is -0.173. The van der Waals surface area contributed by atoms with Crippen molar-refractivity contribution in [3.8, 4) is 0 Å². The molecule has 0 unspecified atom stereocenters. The van der Waals surface area contributed by atoms with E-state index in [2.05, 4.69) is 22.7 Å². The zero-order valence-electron chi connectivity index (χ0n) is 12.0. The van der Waals surface area contributed by atoms with Gasteiger partial charge < -0.3 is 15.7 Å². The first-order valence-electron chi connectivity index (χ1n) is 6.68. The second kappa shape index (κ2) is 7.78. The van der Waals surface area contributed by atoms with Crippen molar-refractivity contribution in [1.82, 2.24) is 20.4 Å². The minimum absolute atomic E-state index is 0.0971. The summed E-state index contributed by atoms with van der Waals surface area (Å²) >= 11 is 0. The van der Waals surface area contributed by atoms with Crippen LogP contribution in [0.1, 0.15) is 29.8 Å². The molecule has 19 heavy (non-hydrogen) atoms. The summed E-state index contributed by atoms with van der Waals surface area (Å²) < 4.78 is 1.89. The molecule has 1 heterocycles. The predicted molar refractivity (Wildman–Crippen MR) is 74.1 cm³/mol. The topological polar surface area (TPSA) is 79.2 Å². The van der Waals surface area contributed by atoms with Gasteiger partial charge in [0.15, 0.2) is 0 Å². The van der Waals surface area contributed by atoms with Crippen LogP contribution in [0.15, 0.2) is 0 Å². The lowest BCUT2D eigenvalue weighted by Gasteiger charge is -2.07. The summed E-state index contributed by atoms with van der Waals surface area (Å²) in [5.74, 6) is 0. The summed E-state index contributed by atoms with van der Waals surface area (Å²) in [5.41, 5.74) is 3.52. The lowest BCUT2D eigenvalue weighted by molar-refractivity contribution is 0.238. The van der Waals surface area contributed by atoms with Gasteiger partial charge in [-0.25, -0.2) is 4.79 Å². The lowest BCUT2D eigenvalue weighted by Crippen LogP contribution is -2.36. The van der Waals surface area contributed by atoms with Gasteiger partial charge in [0.05, 0.1) is 5.69 Å². The standard InChI is InChI=1S/C13H24N4O2/c1-10-12(11(2)17(3)16-10)6-4-7-14-13(19)15-8-5-9-18/h18H,4-9H2,1-3H3,(H2,14,15,19). The molecular formula is C13H24N4O2. The molecule has 0 bridgehead atoms. The average Bonchev–Trinajstić information content (AvgIpc) is 2.60. The zero-order valence-corrected chi connectivity index (χ0v) is 12.0. The van der Waals surface area contributed by atoms with Crippen LogP contribution in [0.3, 0.4) is 0 Å². The van der Waals surface area contributed by atoms with E-state index in [9.17, 15) is 4.79 Å². The van der Waals surface area contributed by atoms with E-state index in [-0.39, 0.29) is 12.6 Å². The Hall–Kier alpha value is -1.56. The second-order valence-corrected chi connectivity index (χ2v) is 4.64. The van der Waals surface area contributed by atoms with Gasteiger partial charge in [-0.15, -0.1) is 0 Å². The molecule has 0 fully saturated rings. The Morgan fingerprint density at radius 2 is 1.89 bits per heavy atom. The number of urea groups is 1. The average molecular weight is 268 g/mol. The number of nitrogens with one attached hydrogen (secondary N) is 2. The van der Waals surface area contributed by atoms with Crippen LogP contribution in [0.4, 0.5) is 4.79 Å². The van der Waals surface area contributed by atoms with Crippen LogP contribution in [-0.4, -0.2) is 40.6 Å². The molecule has 0 aliphatic heterocycles. The van der Waals surface area contributed by atoms with Crippen molar-refractivity contribution >= 4 is 6.03 Å². The molecule has 108 valence electrons. The van der Waals surface area contributed by atoms with Gasteiger partial charge in [-0.3, -0.25) is 4.68 Å². The van der Waals surface area contributed by atoms with E-state index in [1.165, 1.54) is 11.3 Å². The normalized spacial score (nSPS) is 10.5. The highest BCUT2D eigenvalue weighted by Gasteiger charge is 2.08. The lowest BCUT2D eigenvalue weighted by atomic mass is 10.1. The highest BCUT2D eigenvalue weighted by Crippen LogP contribution is 2.13. The number of nitrogens with zero attached hydrogens (tertiary/aromatic N) is 2. The fraction of sp³-hybridized carbons (Fsp3) is 0.692. The molecule has 3 N–H and O–H groups in total. The van der Waals surface area contributed by atoms with Gasteiger partial charge in [-0.05, 0) is 38.7 Å². The highest BCUT2D eigenvalue weighted by molar-refractivity contribution is 5.73. The van der Waals surface area contributed by atoms with E-state index >= 15 is 0 Å². The maximum atomic E-state index is 11.3. The van der Waals surface area contributed by atoms with Crippen LogP contribution in [0.5, 0.6) is 0 Å². The van der Waals surface area contributed by atoms with Crippen LogP contribution < -0.4 is 10.6 Å². The van der Waals surface area contributed by atoms with Crippen molar-refractivity contribution in [2.75, 3.05) is 19.7 Å². The fourth-order valence-electron chi connectivity index (χ4n) is 1.99. The number of aryl methyl sites for hydroxylation is 2. The molecular weight excluding hydrogens is 244 g/mol. The minimum Gasteiger partial charge on any atom is -0.396 e. The molecule has 0 spiro atoms. The number of aliphatic hydroxyl groups is 1. The summed E-state index contributed by atoms with van der Waals surface area (Å²) in [6.45, 7) is 5.31. The van der Waals surface area contributed by atoms with Crippen molar-refractivity contribution in [2.45, 2.75) is 33.1 Å². The van der Waals surface area contributed by atoms with Gasteiger partial charge in [-0.1, -0.05) is 0 Å². The van der Waals surface area contributed by atoms with Gasteiger partial charge in [0.1, 0.15) is 0 Å². The summed E-state index contributed by atoms with van der Waals surface area (Å²) in [7, 11) is 1.94. The van der Waals surface area contributed by atoms with Crippen LogP contribution >= 0.6 is 0 Å². The second-order valence-electron chi connectivity index (χ2n) is 4.64. The van der Waals surface area contributed by atoms with Crippen LogP contribution in [0.25, 0.3) is 0 Å². The molecule has 0 radical (unpaired) electrons. The maximum Gasteiger partial charge on any atom is 0.314 e. The van der Waals surface area contributed by atoms with Crippen molar-refractivity contribution in [3.05, 3.63) is 17.0 Å². The van der Waals surface area contributed by atoms with Gasteiger partial charge >= 0.3 is 6.03 Å². The largest absolute Gasteiger partial charge is 0.396 e. The molecule has 0 aliphatic carbocycles. The summed E-state index contributed by atoms with van der Waals surface area (Å²) in [4.78, 5) is 11.3. The van der Waals surface area contributed by atoms with Crippen molar-refractivity contribution in [2.24, 2.45) is 7.05 Å². The van der Waals surface area contributed by atoms with E-state index in [1.807, 2.05) is 18.7 Å². The molecule has 1 aromatic heterocycles. The van der Waals surface area contributed by atoms with E-state index in [0.717, 1.165) is 18.5 Å². The van der Waals surface area contributed by atoms with E-state index in [4.69, 9.17) is 5.11 Å². The van der Waals surface area contributed by atoms with Gasteiger partial charge in [0.2, 0.25) is 0 Å². The van der Waals surface area contributed by atoms with Crippen LogP contribution in [-0.2, 0) is 13.5 Å². The first-order chi connectivity index (χ1) is 9.06. The van der Waals surface area contributed by atoms with Crippen molar-refractivity contribution in [1.29, 1.82) is 0 Å². The van der Waals surface area contributed by atoms with Gasteiger partial charge in [0.25, 0.3) is 0 Å². The molecule has 0 aliphatic rings. The number of hydrogen-bond acceptors (Lipinski definition) is 3. The van der Waals surface area contributed by atoms with Crippen molar-refractivity contribution < 1.29 is 9.90 Å². The molecule has 2 amide bonds. The number of amides is 2. The summed E-state index contributed by atoms with van der Waals surface area (Å²) in [6.07, 6.45) is 2.39. The molecule has 6 nitrogen and oxygen atoms in total. The third-order valence-corrected chi connectivity index (χ3v) is 3.17. The third kappa shape index (κ3) is 4.90. The maximum absolute atomic E-state index is 11.3. The van der Waals surface area contributed by atoms with Crippen molar-refractivity contribution in [3.63, 3.8) is 0 Å².